The van der Waals surface area contributed by atoms with E-state index < -0.39 is 40.3 Å². The first kappa shape index (κ1) is 23.1. The summed E-state index contributed by atoms with van der Waals surface area (Å²) in [6.07, 6.45) is 1.06. The number of amides is 3. The van der Waals surface area contributed by atoms with Crippen LogP contribution in [0.2, 0.25) is 0 Å². The third-order valence-corrected chi connectivity index (χ3v) is 6.05. The average molecular weight is 463 g/mol. The number of imidazole rings is 1. The second-order valence-electron chi connectivity index (χ2n) is 7.02. The third-order valence-electron chi connectivity index (χ3n) is 4.72. The molecule has 2 heterocycles. The van der Waals surface area contributed by atoms with Gasteiger partial charge in [0.25, 0.3) is 27.7 Å². The summed E-state index contributed by atoms with van der Waals surface area (Å²) < 4.78 is 32.9. The van der Waals surface area contributed by atoms with Crippen molar-refractivity contribution in [2.45, 2.75) is 18.4 Å². The van der Waals surface area contributed by atoms with Crippen molar-refractivity contribution in [3.8, 4) is 0 Å². The number of carbonyl (C=O) groups excluding carboxylic acids is 4. The number of nitrogens with zero attached hydrogens (tertiary/aromatic N) is 3. The number of carbonyl (C=O) groups is 4. The van der Waals surface area contributed by atoms with Crippen molar-refractivity contribution in [3.63, 3.8) is 0 Å². The van der Waals surface area contributed by atoms with E-state index in [1.165, 1.54) is 31.4 Å². The minimum absolute atomic E-state index is 0.161. The van der Waals surface area contributed by atoms with Gasteiger partial charge >= 0.3 is 5.97 Å². The molecule has 1 aliphatic rings. The highest BCUT2D eigenvalue weighted by Gasteiger charge is 2.32. The minimum atomic E-state index is -3.87. The molecular formula is C19H21N5O7S. The Bertz CT molecular complexity index is 1200. The van der Waals surface area contributed by atoms with E-state index in [4.69, 9.17) is 4.74 Å². The number of aromatic nitrogens is 2. The summed E-state index contributed by atoms with van der Waals surface area (Å²) in [5, 5.41) is 2.31. The Morgan fingerprint density at radius 2 is 1.81 bits per heavy atom. The van der Waals surface area contributed by atoms with E-state index in [1.807, 2.05) is 0 Å². The number of sulfonamides is 1. The predicted octanol–water partition coefficient (Wildman–Crippen LogP) is -0.195. The van der Waals surface area contributed by atoms with Crippen LogP contribution in [0.1, 0.15) is 33.0 Å². The van der Waals surface area contributed by atoms with Gasteiger partial charge in [0.1, 0.15) is 5.82 Å². The monoisotopic (exact) mass is 463 g/mol. The lowest BCUT2D eigenvalue weighted by Gasteiger charge is -2.08. The number of aryl methyl sites for hydroxylation is 2. The molecule has 1 aromatic carbocycles. The maximum Gasteiger partial charge on any atom is 0.307 e. The van der Waals surface area contributed by atoms with Crippen LogP contribution in [0, 0.1) is 6.92 Å². The molecule has 2 N–H and O–H groups in total. The molecule has 0 saturated carbocycles. The Morgan fingerprint density at radius 1 is 1.12 bits per heavy atom. The van der Waals surface area contributed by atoms with E-state index in [0.717, 1.165) is 4.90 Å². The second-order valence-corrected chi connectivity index (χ2v) is 8.74. The minimum Gasteiger partial charge on any atom is -0.456 e. The summed E-state index contributed by atoms with van der Waals surface area (Å²) in [5.74, 6) is -1.83. The van der Waals surface area contributed by atoms with Gasteiger partial charge in [-0.15, -0.1) is 0 Å². The number of imide groups is 1. The summed E-state index contributed by atoms with van der Waals surface area (Å²) in [4.78, 5) is 52.6. The smallest absolute Gasteiger partial charge is 0.307 e. The molecule has 170 valence electrons. The fourth-order valence-corrected chi connectivity index (χ4v) is 3.94. The zero-order valence-corrected chi connectivity index (χ0v) is 18.4. The number of benzene rings is 1. The van der Waals surface area contributed by atoms with Gasteiger partial charge in [-0.3, -0.25) is 24.1 Å². The van der Waals surface area contributed by atoms with Crippen LogP contribution in [0.3, 0.4) is 0 Å². The van der Waals surface area contributed by atoms with Crippen LogP contribution >= 0.6 is 0 Å². The SMILES string of the molecule is Cc1nc(S(=O)(=O)NCCC(=O)OCC(=O)Nc2ccc3c(c2)C(=O)N(C)C3=O)cn1C. The lowest BCUT2D eigenvalue weighted by molar-refractivity contribution is -0.147. The highest BCUT2D eigenvalue weighted by molar-refractivity contribution is 7.89. The number of rotatable bonds is 8. The predicted molar refractivity (Wildman–Crippen MR) is 110 cm³/mol. The Balaban J connectivity index is 1.45. The first-order valence-corrected chi connectivity index (χ1v) is 10.9. The lowest BCUT2D eigenvalue weighted by atomic mass is 10.1. The highest BCUT2D eigenvalue weighted by Crippen LogP contribution is 2.24. The van der Waals surface area contributed by atoms with Crippen LogP contribution in [-0.4, -0.2) is 66.8 Å². The number of nitrogens with one attached hydrogen (secondary N) is 2. The molecule has 0 saturated heterocycles. The fraction of sp³-hybridized carbons (Fsp3) is 0.316. The van der Waals surface area contributed by atoms with Gasteiger partial charge in [0, 0.05) is 32.5 Å². The quantitative estimate of drug-likeness (QED) is 0.403. The average Bonchev–Trinajstić information content (AvgIpc) is 3.19. The number of anilines is 1. The standard InChI is InChI=1S/C19H21N5O7S/c1-11-21-16(9-23(11)2)32(29,30)20-7-6-17(26)31-10-15(25)22-12-4-5-13-14(8-12)19(28)24(3)18(13)27/h4-5,8-9,20H,6-7,10H2,1-3H3,(H,22,25). The first-order valence-electron chi connectivity index (χ1n) is 9.41. The molecular weight excluding hydrogens is 442 g/mol. The molecule has 13 heteroatoms. The van der Waals surface area contributed by atoms with Gasteiger partial charge < -0.3 is 14.6 Å². The van der Waals surface area contributed by atoms with Gasteiger partial charge in [-0.2, -0.15) is 0 Å². The molecule has 1 aliphatic heterocycles. The molecule has 12 nitrogen and oxygen atoms in total. The molecule has 0 bridgehead atoms. The second kappa shape index (κ2) is 8.88. The summed E-state index contributed by atoms with van der Waals surface area (Å²) in [5.41, 5.74) is 0.674. The Morgan fingerprint density at radius 3 is 2.47 bits per heavy atom. The Kier molecular flexibility index (Phi) is 6.41. The van der Waals surface area contributed by atoms with Crippen molar-refractivity contribution >= 4 is 39.4 Å². The molecule has 3 amide bonds. The molecule has 2 aromatic rings. The first-order chi connectivity index (χ1) is 15.0. The number of esters is 1. The topological polar surface area (TPSA) is 157 Å². The van der Waals surface area contributed by atoms with Crippen molar-refractivity contribution in [1.29, 1.82) is 0 Å². The van der Waals surface area contributed by atoms with Gasteiger partial charge in [0.2, 0.25) is 0 Å². The van der Waals surface area contributed by atoms with E-state index in [-0.39, 0.29) is 34.8 Å². The van der Waals surface area contributed by atoms with E-state index in [0.29, 0.717) is 5.82 Å². The van der Waals surface area contributed by atoms with Gasteiger partial charge in [0.15, 0.2) is 11.6 Å². The largest absolute Gasteiger partial charge is 0.456 e. The molecule has 0 aliphatic carbocycles. The van der Waals surface area contributed by atoms with E-state index >= 15 is 0 Å². The van der Waals surface area contributed by atoms with Crippen molar-refractivity contribution in [2.75, 3.05) is 25.5 Å². The molecule has 0 spiro atoms. The normalized spacial score (nSPS) is 13.3. The van der Waals surface area contributed by atoms with Crippen LogP contribution in [0.4, 0.5) is 5.69 Å². The zero-order valence-electron chi connectivity index (χ0n) is 17.5. The molecule has 1 aromatic heterocycles. The molecule has 0 atom stereocenters. The van der Waals surface area contributed by atoms with Gasteiger partial charge in [-0.25, -0.2) is 18.1 Å². The van der Waals surface area contributed by atoms with Crippen molar-refractivity contribution in [1.82, 2.24) is 19.2 Å². The van der Waals surface area contributed by atoms with Gasteiger partial charge in [-0.05, 0) is 25.1 Å². The summed E-state index contributed by atoms with van der Waals surface area (Å²) in [7, 11) is -0.855. The molecule has 0 unspecified atom stereocenters. The fourth-order valence-electron chi connectivity index (χ4n) is 2.87. The van der Waals surface area contributed by atoms with E-state index in [1.54, 1.807) is 18.5 Å². The van der Waals surface area contributed by atoms with Crippen molar-refractivity contribution in [3.05, 3.63) is 41.3 Å². The number of hydrogen-bond donors (Lipinski definition) is 2. The van der Waals surface area contributed by atoms with Crippen LogP contribution < -0.4 is 10.0 Å². The third kappa shape index (κ3) is 4.84. The number of ether oxygens (including phenoxy) is 1. The van der Waals surface area contributed by atoms with Crippen molar-refractivity contribution < 1.29 is 32.3 Å². The maximum absolute atomic E-state index is 12.1. The summed E-state index contributed by atoms with van der Waals surface area (Å²) in [6.45, 7) is 0.821. The number of hydrogen-bond acceptors (Lipinski definition) is 8. The van der Waals surface area contributed by atoms with Crippen LogP contribution in [0.25, 0.3) is 0 Å². The Hall–Kier alpha value is -3.58. The van der Waals surface area contributed by atoms with Gasteiger partial charge in [-0.1, -0.05) is 0 Å². The highest BCUT2D eigenvalue weighted by atomic mass is 32.2. The Labute approximate surface area is 183 Å². The maximum atomic E-state index is 12.1. The molecule has 0 fully saturated rings. The lowest BCUT2D eigenvalue weighted by Crippen LogP contribution is -2.28. The van der Waals surface area contributed by atoms with Crippen LogP contribution in [0.5, 0.6) is 0 Å². The molecule has 32 heavy (non-hydrogen) atoms. The van der Waals surface area contributed by atoms with E-state index in [2.05, 4.69) is 15.0 Å². The van der Waals surface area contributed by atoms with Crippen LogP contribution in [0.15, 0.2) is 29.4 Å². The summed E-state index contributed by atoms with van der Waals surface area (Å²) >= 11 is 0. The zero-order chi connectivity index (χ0) is 23.6. The summed E-state index contributed by atoms with van der Waals surface area (Å²) in [6, 6.07) is 4.25. The van der Waals surface area contributed by atoms with Crippen molar-refractivity contribution in [2.24, 2.45) is 7.05 Å². The van der Waals surface area contributed by atoms with Gasteiger partial charge in [0.05, 0.1) is 17.5 Å². The van der Waals surface area contributed by atoms with Crippen LogP contribution in [-0.2, 0) is 31.4 Å². The van der Waals surface area contributed by atoms with E-state index in [9.17, 15) is 27.6 Å². The molecule has 3 rings (SSSR count). The molecule has 0 radical (unpaired) electrons. The number of fused-ring (bicyclic) bond motifs is 1.